The molecule has 0 amide bonds. The molecule has 0 aliphatic carbocycles. The Bertz CT molecular complexity index is 102. The van der Waals surface area contributed by atoms with E-state index in [-0.39, 0.29) is 0 Å². The number of unbranched alkanes of at least 4 members (excludes halogenated alkanes) is 2. The molecule has 0 heterocycles. The van der Waals surface area contributed by atoms with Crippen LogP contribution in [0, 0.1) is 0 Å². The summed E-state index contributed by atoms with van der Waals surface area (Å²) in [6, 6.07) is 0. The smallest absolute Gasteiger partial charge is 0.0209 e. The van der Waals surface area contributed by atoms with E-state index in [0.717, 1.165) is 0 Å². The number of hydrogen-bond acceptors (Lipinski definition) is 2. The maximum atomic E-state index is 9.04. The van der Waals surface area contributed by atoms with Crippen molar-refractivity contribution in [2.75, 3.05) is 0 Å². The van der Waals surface area contributed by atoms with E-state index in [0.29, 0.717) is 21.6 Å². The second kappa shape index (κ2) is 15.0. The van der Waals surface area contributed by atoms with Gasteiger partial charge in [-0.05, 0) is 0 Å². The third-order valence-corrected chi connectivity index (χ3v) is 4.95. The first kappa shape index (κ1) is 16.0. The van der Waals surface area contributed by atoms with E-state index in [1.54, 1.807) is 8.73 Å². The molecule has 0 saturated heterocycles. The summed E-state index contributed by atoms with van der Waals surface area (Å²) in [5.74, 6) is 0. The normalized spacial score (nSPS) is 8.77. The maximum Gasteiger partial charge on any atom is 0.0209 e. The van der Waals surface area contributed by atoms with E-state index in [1.165, 1.54) is 25.7 Å². The van der Waals surface area contributed by atoms with Crippen LogP contribution in [-0.2, 0) is 0 Å². The topological polar surface area (TPSA) is 49.1 Å². The van der Waals surface area contributed by atoms with Crippen molar-refractivity contribution in [3.8, 4) is 0 Å². The summed E-state index contributed by atoms with van der Waals surface area (Å²) in [4.78, 5) is 0. The molecular weight excluding hydrogens is 292 g/mol. The predicted octanol–water partition coefficient (Wildman–Crippen LogP) is 1.72. The summed E-state index contributed by atoms with van der Waals surface area (Å²) >= 11 is 4.06. The average molecular weight is 312 g/mol. The first-order chi connectivity index (χ1) is 6.15. The predicted molar refractivity (Wildman–Crippen MR) is 62.0 cm³/mol. The van der Waals surface area contributed by atoms with Gasteiger partial charge in [-0.25, -0.2) is 0 Å². The van der Waals surface area contributed by atoms with Crippen molar-refractivity contribution in [2.24, 2.45) is 5.73 Å². The SMILES string of the molecule is CCC[CH2][Sb+][CH2]CCC.NC([O-])=S. The van der Waals surface area contributed by atoms with Gasteiger partial charge in [0.25, 0.3) is 0 Å². The molecule has 0 atom stereocenters. The summed E-state index contributed by atoms with van der Waals surface area (Å²) in [5.41, 5.74) is 4.29. The minimum absolute atomic E-state index is 0.304. The van der Waals surface area contributed by atoms with Crippen molar-refractivity contribution in [1.82, 2.24) is 0 Å². The molecule has 0 aliphatic rings. The Morgan fingerprint density at radius 3 is 1.77 bits per heavy atom. The molecule has 2 N–H and O–H groups in total. The van der Waals surface area contributed by atoms with Gasteiger partial charge < -0.3 is 10.8 Å². The molecule has 2 nitrogen and oxygen atoms in total. The molecule has 2 radical (unpaired) electrons. The van der Waals surface area contributed by atoms with Crippen LogP contribution in [0.25, 0.3) is 0 Å². The molecule has 4 heteroatoms. The van der Waals surface area contributed by atoms with Crippen LogP contribution in [0.15, 0.2) is 0 Å². The molecule has 0 fully saturated rings. The fourth-order valence-electron chi connectivity index (χ4n) is 0.652. The molecule has 0 rings (SSSR count). The minimum atomic E-state index is -0.750. The van der Waals surface area contributed by atoms with Crippen LogP contribution in [0.1, 0.15) is 39.5 Å². The molecule has 0 aromatic heterocycles. The number of nitrogens with two attached hydrogens (primary N) is 1. The van der Waals surface area contributed by atoms with Gasteiger partial charge in [-0.3, -0.25) is 0 Å². The monoisotopic (exact) mass is 311 g/mol. The maximum absolute atomic E-state index is 9.04. The Labute approximate surface area is 97.8 Å². The van der Waals surface area contributed by atoms with E-state index >= 15 is 0 Å². The Hall–Kier alpha value is 0.508. The van der Waals surface area contributed by atoms with Crippen LogP contribution in [0.5, 0.6) is 0 Å². The summed E-state index contributed by atoms with van der Waals surface area (Å²) in [5, 5.41) is 8.29. The van der Waals surface area contributed by atoms with Gasteiger partial charge in [0.15, 0.2) is 0 Å². The molecule has 13 heavy (non-hydrogen) atoms. The van der Waals surface area contributed by atoms with Gasteiger partial charge in [-0.1, -0.05) is 12.2 Å². The van der Waals surface area contributed by atoms with Gasteiger partial charge in [0.05, 0.1) is 0 Å². The zero-order valence-electron chi connectivity index (χ0n) is 8.58. The van der Waals surface area contributed by atoms with Gasteiger partial charge >= 0.3 is 69.9 Å². The third kappa shape index (κ3) is 32.6. The van der Waals surface area contributed by atoms with Crippen molar-refractivity contribution < 1.29 is 5.11 Å². The van der Waals surface area contributed by atoms with Crippen molar-refractivity contribution >= 4 is 39.0 Å². The Kier molecular flexibility index (Phi) is 18.4. The van der Waals surface area contributed by atoms with Gasteiger partial charge in [0.2, 0.25) is 0 Å². The van der Waals surface area contributed by atoms with Crippen LogP contribution in [-0.4, -0.2) is 26.8 Å². The van der Waals surface area contributed by atoms with Gasteiger partial charge in [0.1, 0.15) is 0 Å². The first-order valence-electron chi connectivity index (χ1n) is 4.74. The second-order valence-corrected chi connectivity index (χ2v) is 6.93. The van der Waals surface area contributed by atoms with E-state index in [4.69, 9.17) is 5.11 Å². The van der Waals surface area contributed by atoms with Crippen molar-refractivity contribution in [1.29, 1.82) is 0 Å². The fourth-order valence-corrected chi connectivity index (χ4v) is 4.37. The molecule has 0 aromatic rings. The molecule has 0 spiro atoms. The van der Waals surface area contributed by atoms with E-state index in [9.17, 15) is 0 Å². The van der Waals surface area contributed by atoms with Crippen LogP contribution >= 0.6 is 12.2 Å². The van der Waals surface area contributed by atoms with E-state index in [2.05, 4.69) is 31.8 Å². The summed E-state index contributed by atoms with van der Waals surface area (Å²) in [6.07, 6.45) is 5.81. The largest absolute Gasteiger partial charge is 0.852 e. The Morgan fingerprint density at radius 2 is 1.54 bits per heavy atom. The molecule has 0 aliphatic heterocycles. The van der Waals surface area contributed by atoms with Crippen LogP contribution < -0.4 is 10.8 Å². The Balaban J connectivity index is 0. The molecular formula is C9H20NOSSb. The molecule has 0 unspecified atom stereocenters. The Morgan fingerprint density at radius 1 is 1.23 bits per heavy atom. The first-order valence-corrected chi connectivity index (χ1v) is 8.76. The zero-order valence-corrected chi connectivity index (χ0v) is 12.0. The quantitative estimate of drug-likeness (QED) is 0.461. The third-order valence-electron chi connectivity index (χ3n) is 1.34. The number of thiocarbonyl (C=S) groups is 1. The fraction of sp³-hybridized carbons (Fsp3) is 0.889. The van der Waals surface area contributed by atoms with E-state index < -0.39 is 5.17 Å². The standard InChI is InChI=1S/2C4H9.CH3NOS.Sb/c2*1-3-4-2;2-1(3)4;/h2*1,3-4H2,2H3;(H3,2,3,4);/q;;;+1/p-1. The molecule has 0 aromatic carbocycles. The molecule has 78 valence electrons. The van der Waals surface area contributed by atoms with Crippen LogP contribution in [0.2, 0.25) is 8.73 Å². The zero-order chi connectivity index (χ0) is 10.5. The summed E-state index contributed by atoms with van der Waals surface area (Å²) in [6.45, 7) is 4.58. The van der Waals surface area contributed by atoms with Crippen LogP contribution in [0.4, 0.5) is 0 Å². The van der Waals surface area contributed by atoms with Gasteiger partial charge in [-0.2, -0.15) is 0 Å². The molecule has 0 saturated carbocycles. The summed E-state index contributed by atoms with van der Waals surface area (Å²) < 4.78 is 3.21. The van der Waals surface area contributed by atoms with Gasteiger partial charge in [-0.15, -0.1) is 0 Å². The number of hydrogen-bond donors (Lipinski definition) is 1. The van der Waals surface area contributed by atoms with Crippen molar-refractivity contribution in [3.05, 3.63) is 0 Å². The van der Waals surface area contributed by atoms with E-state index in [1.807, 2.05) is 0 Å². The van der Waals surface area contributed by atoms with Gasteiger partial charge in [0, 0.05) is 5.17 Å². The average Bonchev–Trinajstić information content (AvgIpc) is 2.03. The number of rotatable bonds is 6. The van der Waals surface area contributed by atoms with Crippen molar-refractivity contribution in [3.63, 3.8) is 0 Å². The second-order valence-electron chi connectivity index (χ2n) is 2.70. The van der Waals surface area contributed by atoms with Crippen molar-refractivity contribution in [2.45, 2.75) is 48.3 Å². The minimum Gasteiger partial charge on any atom is -0.852 e. The van der Waals surface area contributed by atoms with Crippen LogP contribution in [0.3, 0.4) is 0 Å². The molecule has 0 bridgehead atoms. The summed E-state index contributed by atoms with van der Waals surface area (Å²) in [7, 11) is 0.